The Labute approximate surface area is 143 Å². The third kappa shape index (κ3) is 3.30. The van der Waals surface area contributed by atoms with Gasteiger partial charge in [-0.05, 0) is 43.4 Å². The first-order valence-corrected chi connectivity index (χ1v) is 9.20. The van der Waals surface area contributed by atoms with Crippen molar-refractivity contribution in [1.82, 2.24) is 10.6 Å². The molecule has 4 rings (SSSR count). The number of fused-ring (bicyclic) bond motifs is 1. The van der Waals surface area contributed by atoms with Crippen LogP contribution in [0.4, 0.5) is 4.79 Å². The molecule has 3 aliphatic rings. The van der Waals surface area contributed by atoms with Crippen LogP contribution in [0.5, 0.6) is 11.5 Å². The summed E-state index contributed by atoms with van der Waals surface area (Å²) in [4.78, 5) is 12.2. The Morgan fingerprint density at radius 1 is 1.08 bits per heavy atom. The number of hydrogen-bond donors (Lipinski definition) is 2. The summed E-state index contributed by atoms with van der Waals surface area (Å²) in [6.07, 6.45) is 8.19. The van der Waals surface area contributed by atoms with Crippen molar-refractivity contribution in [2.24, 2.45) is 0 Å². The Kier molecular flexibility index (Phi) is 4.25. The molecule has 2 amide bonds. The second-order valence-corrected chi connectivity index (χ2v) is 7.30. The van der Waals surface area contributed by atoms with Crippen LogP contribution in [-0.4, -0.2) is 31.8 Å². The second kappa shape index (κ2) is 6.54. The van der Waals surface area contributed by atoms with E-state index in [4.69, 9.17) is 9.47 Å². The fourth-order valence-corrected chi connectivity index (χ4v) is 3.82. The fraction of sp³-hybridized carbons (Fsp3) is 0.632. The zero-order valence-corrected chi connectivity index (χ0v) is 14.1. The maximum absolute atomic E-state index is 12.2. The van der Waals surface area contributed by atoms with Gasteiger partial charge in [-0.25, -0.2) is 4.79 Å². The third-order valence-electron chi connectivity index (χ3n) is 5.54. The molecule has 0 saturated heterocycles. The summed E-state index contributed by atoms with van der Waals surface area (Å²) in [6, 6.07) is 6.52. The predicted molar refractivity (Wildman–Crippen MR) is 91.8 cm³/mol. The van der Waals surface area contributed by atoms with Crippen LogP contribution < -0.4 is 20.1 Å². The number of nitrogens with one attached hydrogen (secondary N) is 2. The number of carbonyl (C=O) groups excluding carboxylic acids is 1. The highest BCUT2D eigenvalue weighted by Gasteiger charge is 2.45. The number of ether oxygens (including phenoxy) is 2. The standard InChI is InChI=1S/C19H26N2O3/c22-18(21-15-4-2-1-3-5-15)20-13-19(8-9-19)14-6-7-16-17(12-14)24-11-10-23-16/h6-7,12,15H,1-5,8-11,13H2,(H2,20,21,22). The Hall–Kier alpha value is -1.91. The van der Waals surface area contributed by atoms with Crippen LogP contribution in [0, 0.1) is 0 Å². The number of carbonyl (C=O) groups is 1. The maximum atomic E-state index is 12.2. The van der Waals surface area contributed by atoms with Gasteiger partial charge in [0.1, 0.15) is 13.2 Å². The molecule has 2 aliphatic carbocycles. The number of hydrogen-bond acceptors (Lipinski definition) is 3. The Balaban J connectivity index is 1.35. The largest absolute Gasteiger partial charge is 0.486 e. The van der Waals surface area contributed by atoms with Crippen LogP contribution in [0.15, 0.2) is 18.2 Å². The molecule has 1 aromatic carbocycles. The van der Waals surface area contributed by atoms with Crippen molar-refractivity contribution in [2.45, 2.75) is 56.4 Å². The summed E-state index contributed by atoms with van der Waals surface area (Å²) in [5.41, 5.74) is 1.31. The Bertz CT molecular complexity index is 607. The molecular weight excluding hydrogens is 304 g/mol. The van der Waals surface area contributed by atoms with E-state index in [1.54, 1.807) is 0 Å². The highest BCUT2D eigenvalue weighted by molar-refractivity contribution is 5.74. The second-order valence-electron chi connectivity index (χ2n) is 7.30. The average Bonchev–Trinajstić information content (AvgIpc) is 3.42. The predicted octanol–water partition coefficient (Wildman–Crippen LogP) is 3.12. The Morgan fingerprint density at radius 3 is 2.58 bits per heavy atom. The number of amides is 2. The van der Waals surface area contributed by atoms with E-state index < -0.39 is 0 Å². The van der Waals surface area contributed by atoms with Gasteiger partial charge in [-0.15, -0.1) is 0 Å². The first-order valence-electron chi connectivity index (χ1n) is 9.20. The maximum Gasteiger partial charge on any atom is 0.315 e. The van der Waals surface area contributed by atoms with Crippen LogP contribution in [0.2, 0.25) is 0 Å². The minimum atomic E-state index is -0.0225. The van der Waals surface area contributed by atoms with E-state index in [9.17, 15) is 4.79 Å². The van der Waals surface area contributed by atoms with Gasteiger partial charge in [-0.3, -0.25) is 0 Å². The van der Waals surface area contributed by atoms with Gasteiger partial charge in [0.15, 0.2) is 11.5 Å². The van der Waals surface area contributed by atoms with Gasteiger partial charge in [0.05, 0.1) is 0 Å². The van der Waals surface area contributed by atoms with Gasteiger partial charge in [0.25, 0.3) is 0 Å². The van der Waals surface area contributed by atoms with E-state index in [0.29, 0.717) is 25.8 Å². The first-order chi connectivity index (χ1) is 11.8. The quantitative estimate of drug-likeness (QED) is 0.892. The minimum Gasteiger partial charge on any atom is -0.486 e. The molecule has 0 unspecified atom stereocenters. The van der Waals surface area contributed by atoms with Gasteiger partial charge in [-0.1, -0.05) is 25.3 Å². The van der Waals surface area contributed by atoms with Crippen LogP contribution >= 0.6 is 0 Å². The van der Waals surface area contributed by atoms with E-state index in [2.05, 4.69) is 22.8 Å². The molecule has 0 bridgehead atoms. The lowest BCUT2D eigenvalue weighted by atomic mass is 9.95. The van der Waals surface area contributed by atoms with E-state index in [0.717, 1.165) is 37.2 Å². The zero-order valence-electron chi connectivity index (χ0n) is 14.1. The molecule has 2 saturated carbocycles. The molecule has 1 heterocycles. The first kappa shape index (κ1) is 15.6. The van der Waals surface area contributed by atoms with Crippen LogP contribution in [0.25, 0.3) is 0 Å². The van der Waals surface area contributed by atoms with Gasteiger partial charge in [-0.2, -0.15) is 0 Å². The molecule has 130 valence electrons. The van der Waals surface area contributed by atoms with E-state index in [-0.39, 0.29) is 11.4 Å². The molecule has 1 aliphatic heterocycles. The minimum absolute atomic E-state index is 0.0225. The van der Waals surface area contributed by atoms with Crippen LogP contribution in [0.3, 0.4) is 0 Å². The van der Waals surface area contributed by atoms with Crippen LogP contribution in [-0.2, 0) is 5.41 Å². The lowest BCUT2D eigenvalue weighted by molar-refractivity contribution is 0.171. The van der Waals surface area contributed by atoms with Crippen molar-refractivity contribution in [3.8, 4) is 11.5 Å². The lowest BCUT2D eigenvalue weighted by Gasteiger charge is -2.24. The highest BCUT2D eigenvalue weighted by atomic mass is 16.6. The number of urea groups is 1. The van der Waals surface area contributed by atoms with E-state index in [1.807, 2.05) is 6.07 Å². The fourth-order valence-electron chi connectivity index (χ4n) is 3.82. The number of rotatable bonds is 4. The SMILES string of the molecule is O=C(NCC1(c2ccc3c(c2)OCCO3)CC1)NC1CCCCC1. The summed E-state index contributed by atoms with van der Waals surface area (Å²) >= 11 is 0. The number of benzene rings is 1. The smallest absolute Gasteiger partial charge is 0.315 e. The lowest BCUT2D eigenvalue weighted by Crippen LogP contribution is -2.45. The average molecular weight is 330 g/mol. The van der Waals surface area contributed by atoms with Gasteiger partial charge in [0, 0.05) is 18.0 Å². The highest BCUT2D eigenvalue weighted by Crippen LogP contribution is 2.49. The molecule has 0 radical (unpaired) electrons. The molecule has 0 aromatic heterocycles. The topological polar surface area (TPSA) is 59.6 Å². The summed E-state index contributed by atoms with van der Waals surface area (Å²) in [5, 5.41) is 6.22. The molecule has 2 N–H and O–H groups in total. The van der Waals surface area contributed by atoms with Gasteiger partial charge >= 0.3 is 6.03 Å². The normalized spacial score (nSPS) is 21.8. The van der Waals surface area contributed by atoms with E-state index >= 15 is 0 Å². The molecule has 24 heavy (non-hydrogen) atoms. The summed E-state index contributed by atoms with van der Waals surface area (Å²) in [6.45, 7) is 1.90. The molecule has 1 aromatic rings. The summed E-state index contributed by atoms with van der Waals surface area (Å²) < 4.78 is 11.3. The molecule has 5 heteroatoms. The van der Waals surface area contributed by atoms with Gasteiger partial charge < -0.3 is 20.1 Å². The van der Waals surface area contributed by atoms with Crippen molar-refractivity contribution < 1.29 is 14.3 Å². The summed E-state index contributed by atoms with van der Waals surface area (Å²) in [5.74, 6) is 1.65. The van der Waals surface area contributed by atoms with Crippen LogP contribution in [0.1, 0.15) is 50.5 Å². The third-order valence-corrected chi connectivity index (χ3v) is 5.54. The van der Waals surface area contributed by atoms with E-state index in [1.165, 1.54) is 24.8 Å². The van der Waals surface area contributed by atoms with Gasteiger partial charge in [0.2, 0.25) is 0 Å². The summed E-state index contributed by atoms with van der Waals surface area (Å²) in [7, 11) is 0. The molecule has 0 atom stereocenters. The monoisotopic (exact) mass is 330 g/mol. The molecule has 2 fully saturated rings. The van der Waals surface area contributed by atoms with Crippen molar-refractivity contribution in [2.75, 3.05) is 19.8 Å². The van der Waals surface area contributed by atoms with Crippen molar-refractivity contribution in [3.05, 3.63) is 23.8 Å². The van der Waals surface area contributed by atoms with Crippen molar-refractivity contribution >= 4 is 6.03 Å². The molecule has 5 nitrogen and oxygen atoms in total. The molecular formula is C19H26N2O3. The zero-order chi connectivity index (χ0) is 16.4. The van der Waals surface area contributed by atoms with Crippen molar-refractivity contribution in [3.63, 3.8) is 0 Å². The Morgan fingerprint density at radius 2 is 1.83 bits per heavy atom. The molecule has 0 spiro atoms. The van der Waals surface area contributed by atoms with Crippen molar-refractivity contribution in [1.29, 1.82) is 0 Å².